The van der Waals surface area contributed by atoms with Crippen molar-refractivity contribution in [1.82, 2.24) is 0 Å². The van der Waals surface area contributed by atoms with Crippen molar-refractivity contribution in [3.8, 4) is 6.07 Å². The first-order chi connectivity index (χ1) is 6.63. The number of carbonyl (C=O) groups is 1. The molecular weight excluding hydrogens is 246 g/mol. The third-order valence-electron chi connectivity index (χ3n) is 1.51. The lowest BCUT2D eigenvalue weighted by atomic mass is 10.1. The Labute approximate surface area is 89.4 Å². The molecule has 0 heterocycles. The highest BCUT2D eigenvalue weighted by atomic mass is 79.9. The molecule has 0 unspecified atom stereocenters. The van der Waals surface area contributed by atoms with Gasteiger partial charge in [0.05, 0.1) is 0 Å². The standard InChI is InChI=1S/C10H6BrNO2/c11-9-3-1-2-7(5-9)4-8(6-12)10(13)14/h1-5H,(H,13,14)/b8-4-. The monoisotopic (exact) mass is 251 g/mol. The molecule has 0 bridgehead atoms. The number of halogens is 1. The Morgan fingerprint density at radius 2 is 2.29 bits per heavy atom. The first-order valence-electron chi connectivity index (χ1n) is 3.74. The Hall–Kier alpha value is -1.60. The summed E-state index contributed by atoms with van der Waals surface area (Å²) in [5, 5.41) is 17.1. The van der Waals surface area contributed by atoms with Crippen molar-refractivity contribution in [2.75, 3.05) is 0 Å². The zero-order valence-electron chi connectivity index (χ0n) is 7.07. The van der Waals surface area contributed by atoms with Crippen LogP contribution in [0.5, 0.6) is 0 Å². The van der Waals surface area contributed by atoms with Crippen LogP contribution in [0, 0.1) is 11.3 Å². The summed E-state index contributed by atoms with van der Waals surface area (Å²) in [4.78, 5) is 10.5. The van der Waals surface area contributed by atoms with Gasteiger partial charge in [-0.15, -0.1) is 0 Å². The average molecular weight is 252 g/mol. The maximum absolute atomic E-state index is 10.5. The molecule has 0 fully saturated rings. The third-order valence-corrected chi connectivity index (χ3v) is 2.00. The maximum Gasteiger partial charge on any atom is 0.346 e. The first kappa shape index (κ1) is 10.5. The number of carboxylic acids is 1. The summed E-state index contributed by atoms with van der Waals surface area (Å²) in [7, 11) is 0. The van der Waals surface area contributed by atoms with Crippen LogP contribution in [0.25, 0.3) is 6.08 Å². The Balaban J connectivity index is 3.08. The lowest BCUT2D eigenvalue weighted by molar-refractivity contribution is -0.132. The lowest BCUT2D eigenvalue weighted by Gasteiger charge is -1.94. The molecule has 0 spiro atoms. The Morgan fingerprint density at radius 1 is 1.57 bits per heavy atom. The minimum Gasteiger partial charge on any atom is -0.477 e. The zero-order chi connectivity index (χ0) is 10.6. The van der Waals surface area contributed by atoms with Gasteiger partial charge in [-0.1, -0.05) is 28.1 Å². The van der Waals surface area contributed by atoms with Gasteiger partial charge in [0, 0.05) is 4.47 Å². The largest absolute Gasteiger partial charge is 0.477 e. The molecule has 0 radical (unpaired) electrons. The minimum absolute atomic E-state index is 0.275. The quantitative estimate of drug-likeness (QED) is 0.649. The molecule has 0 aliphatic rings. The van der Waals surface area contributed by atoms with E-state index in [1.54, 1.807) is 24.3 Å². The molecule has 0 aliphatic heterocycles. The van der Waals surface area contributed by atoms with E-state index in [2.05, 4.69) is 15.9 Å². The first-order valence-corrected chi connectivity index (χ1v) is 4.53. The van der Waals surface area contributed by atoms with Crippen LogP contribution in [0.3, 0.4) is 0 Å². The van der Waals surface area contributed by atoms with Crippen molar-refractivity contribution in [1.29, 1.82) is 5.26 Å². The molecule has 4 heteroatoms. The normalized spacial score (nSPS) is 10.7. The second-order valence-electron chi connectivity index (χ2n) is 2.53. The molecule has 1 aromatic carbocycles. The number of carboxylic acid groups (broad SMARTS) is 1. The van der Waals surface area contributed by atoms with E-state index in [0.717, 1.165) is 4.47 Å². The summed E-state index contributed by atoms with van der Waals surface area (Å²) in [5.41, 5.74) is 0.404. The van der Waals surface area contributed by atoms with E-state index in [4.69, 9.17) is 10.4 Å². The summed E-state index contributed by atoms with van der Waals surface area (Å²) >= 11 is 3.25. The lowest BCUT2D eigenvalue weighted by Crippen LogP contribution is -1.97. The van der Waals surface area contributed by atoms with E-state index in [9.17, 15) is 4.79 Å². The van der Waals surface area contributed by atoms with E-state index >= 15 is 0 Å². The molecule has 1 aromatic rings. The second kappa shape index (κ2) is 4.58. The predicted molar refractivity (Wildman–Crippen MR) is 55.4 cm³/mol. The van der Waals surface area contributed by atoms with Crippen LogP contribution in [0.2, 0.25) is 0 Å². The number of nitriles is 1. The number of hydrogen-bond donors (Lipinski definition) is 1. The van der Waals surface area contributed by atoms with Crippen molar-refractivity contribution in [3.63, 3.8) is 0 Å². The van der Waals surface area contributed by atoms with Crippen LogP contribution in [-0.2, 0) is 4.79 Å². The van der Waals surface area contributed by atoms with Crippen LogP contribution >= 0.6 is 15.9 Å². The molecule has 0 aliphatic carbocycles. The molecule has 1 N–H and O–H groups in total. The summed E-state index contributed by atoms with van der Waals surface area (Å²) in [6.45, 7) is 0. The van der Waals surface area contributed by atoms with E-state index in [-0.39, 0.29) is 5.57 Å². The molecule has 14 heavy (non-hydrogen) atoms. The maximum atomic E-state index is 10.5. The van der Waals surface area contributed by atoms with Gasteiger partial charge in [0.1, 0.15) is 11.6 Å². The van der Waals surface area contributed by atoms with Gasteiger partial charge in [-0.2, -0.15) is 5.26 Å². The fourth-order valence-corrected chi connectivity index (χ4v) is 1.32. The zero-order valence-corrected chi connectivity index (χ0v) is 8.65. The second-order valence-corrected chi connectivity index (χ2v) is 3.45. The van der Waals surface area contributed by atoms with E-state index in [0.29, 0.717) is 5.56 Å². The topological polar surface area (TPSA) is 61.1 Å². The van der Waals surface area contributed by atoms with E-state index < -0.39 is 5.97 Å². The molecule has 0 aromatic heterocycles. The summed E-state index contributed by atoms with van der Waals surface area (Å²) in [6.07, 6.45) is 1.33. The summed E-state index contributed by atoms with van der Waals surface area (Å²) in [5.74, 6) is -1.22. The Bertz CT molecular complexity index is 432. The molecule has 3 nitrogen and oxygen atoms in total. The van der Waals surface area contributed by atoms with Crippen LogP contribution in [0.15, 0.2) is 34.3 Å². The van der Waals surface area contributed by atoms with Gasteiger partial charge >= 0.3 is 5.97 Å². The Kier molecular flexibility index (Phi) is 3.43. The third kappa shape index (κ3) is 2.71. The van der Waals surface area contributed by atoms with Gasteiger partial charge in [-0.3, -0.25) is 0 Å². The predicted octanol–water partition coefficient (Wildman–Crippen LogP) is 2.44. The fourth-order valence-electron chi connectivity index (χ4n) is 0.905. The molecule has 0 atom stereocenters. The van der Waals surface area contributed by atoms with E-state index in [1.165, 1.54) is 6.08 Å². The van der Waals surface area contributed by atoms with Gasteiger partial charge in [-0.05, 0) is 23.8 Å². The molecule has 0 saturated carbocycles. The van der Waals surface area contributed by atoms with E-state index in [1.807, 2.05) is 6.07 Å². The number of rotatable bonds is 2. The van der Waals surface area contributed by atoms with Crippen molar-refractivity contribution < 1.29 is 9.90 Å². The van der Waals surface area contributed by atoms with Gasteiger partial charge in [0.2, 0.25) is 0 Å². The van der Waals surface area contributed by atoms with Crippen LogP contribution < -0.4 is 0 Å². The van der Waals surface area contributed by atoms with Gasteiger partial charge in [0.15, 0.2) is 0 Å². The smallest absolute Gasteiger partial charge is 0.346 e. The van der Waals surface area contributed by atoms with Crippen molar-refractivity contribution in [3.05, 3.63) is 39.9 Å². The number of hydrogen-bond acceptors (Lipinski definition) is 2. The van der Waals surface area contributed by atoms with Crippen molar-refractivity contribution in [2.24, 2.45) is 0 Å². The van der Waals surface area contributed by atoms with Crippen LogP contribution in [0.1, 0.15) is 5.56 Å². The summed E-state index contributed by atoms with van der Waals surface area (Å²) in [6, 6.07) is 8.67. The summed E-state index contributed by atoms with van der Waals surface area (Å²) < 4.78 is 0.842. The van der Waals surface area contributed by atoms with Crippen molar-refractivity contribution in [2.45, 2.75) is 0 Å². The van der Waals surface area contributed by atoms with Crippen LogP contribution in [0.4, 0.5) is 0 Å². The van der Waals surface area contributed by atoms with Gasteiger partial charge in [-0.25, -0.2) is 4.79 Å². The fraction of sp³-hybridized carbons (Fsp3) is 0. The highest BCUT2D eigenvalue weighted by molar-refractivity contribution is 9.10. The van der Waals surface area contributed by atoms with Gasteiger partial charge < -0.3 is 5.11 Å². The minimum atomic E-state index is -1.22. The molecule has 0 saturated heterocycles. The molecule has 70 valence electrons. The SMILES string of the molecule is N#C/C(=C/c1cccc(Br)c1)C(=O)O. The average Bonchev–Trinajstić information content (AvgIpc) is 2.14. The molecule has 1 rings (SSSR count). The number of aliphatic carboxylic acids is 1. The molecule has 0 amide bonds. The highest BCUT2D eigenvalue weighted by Gasteiger charge is 2.05. The number of benzene rings is 1. The Morgan fingerprint density at radius 3 is 2.79 bits per heavy atom. The van der Waals surface area contributed by atoms with Gasteiger partial charge in [0.25, 0.3) is 0 Å². The van der Waals surface area contributed by atoms with Crippen LogP contribution in [-0.4, -0.2) is 11.1 Å². The number of nitrogens with zero attached hydrogens (tertiary/aromatic N) is 1. The molecular formula is C10H6BrNO2. The van der Waals surface area contributed by atoms with Crippen molar-refractivity contribution >= 4 is 28.0 Å². The highest BCUT2D eigenvalue weighted by Crippen LogP contribution is 2.14.